The van der Waals surface area contributed by atoms with Crippen molar-refractivity contribution in [3.63, 3.8) is 0 Å². The molecule has 6 nitrogen and oxygen atoms in total. The maximum atomic E-state index is 10.7. The Hall–Kier alpha value is -3.41. The predicted octanol–water partition coefficient (Wildman–Crippen LogP) is 5.07. The highest BCUT2D eigenvalue weighted by Crippen LogP contribution is 2.22. The van der Waals surface area contributed by atoms with Gasteiger partial charge in [-0.1, -0.05) is 6.07 Å². The van der Waals surface area contributed by atoms with E-state index in [2.05, 4.69) is 67.1 Å². The molecule has 27 heavy (non-hydrogen) atoms. The van der Waals surface area contributed by atoms with Gasteiger partial charge < -0.3 is 4.57 Å². The van der Waals surface area contributed by atoms with Gasteiger partial charge in [-0.15, -0.1) is 0 Å². The molecule has 0 amide bonds. The van der Waals surface area contributed by atoms with Crippen molar-refractivity contribution in [1.29, 1.82) is 0 Å². The molecule has 0 fully saturated rings. The molecule has 138 valence electrons. The summed E-state index contributed by atoms with van der Waals surface area (Å²) in [4.78, 5) is 10.3. The van der Waals surface area contributed by atoms with Gasteiger partial charge >= 0.3 is 0 Å². The van der Waals surface area contributed by atoms with Crippen LogP contribution in [0.3, 0.4) is 0 Å². The quantitative estimate of drug-likeness (QED) is 0.391. The minimum Gasteiger partial charge on any atom is -0.318 e. The number of aromatic nitrogens is 1. The molecule has 0 aliphatic heterocycles. The van der Waals surface area contributed by atoms with Gasteiger partial charge in [-0.05, 0) is 69.2 Å². The predicted molar refractivity (Wildman–Crippen MR) is 109 cm³/mol. The Morgan fingerprint density at radius 1 is 1.00 bits per heavy atom. The molecule has 3 rings (SSSR count). The molecule has 1 heterocycles. The lowest BCUT2D eigenvalue weighted by Crippen LogP contribution is -2.00. The van der Waals surface area contributed by atoms with Crippen LogP contribution in [0.4, 0.5) is 11.4 Å². The molecule has 1 N–H and O–H groups in total. The van der Waals surface area contributed by atoms with Gasteiger partial charge in [-0.25, -0.2) is 0 Å². The molecule has 6 heteroatoms. The molecule has 0 saturated carbocycles. The van der Waals surface area contributed by atoms with E-state index < -0.39 is 4.92 Å². The highest BCUT2D eigenvalue weighted by atomic mass is 16.6. The van der Waals surface area contributed by atoms with E-state index in [9.17, 15) is 10.1 Å². The molecule has 0 atom stereocenters. The fraction of sp³-hybridized carbons (Fsp3) is 0.190. The molecule has 1 aromatic heterocycles. The summed E-state index contributed by atoms with van der Waals surface area (Å²) in [5, 5.41) is 15.0. The van der Waals surface area contributed by atoms with Crippen molar-refractivity contribution in [3.05, 3.63) is 86.7 Å². The second kappa shape index (κ2) is 7.45. The fourth-order valence-corrected chi connectivity index (χ4v) is 3.01. The van der Waals surface area contributed by atoms with E-state index in [0.717, 1.165) is 22.6 Å². The number of hydrogen-bond donors (Lipinski definition) is 1. The number of non-ortho nitro benzene ring substituents is 1. The highest BCUT2D eigenvalue weighted by molar-refractivity contribution is 5.82. The topological polar surface area (TPSA) is 72.5 Å². The second-order valence-electron chi connectivity index (χ2n) is 6.60. The Morgan fingerprint density at radius 2 is 1.70 bits per heavy atom. The summed E-state index contributed by atoms with van der Waals surface area (Å²) in [6.45, 7) is 8.36. The third kappa shape index (κ3) is 3.89. The van der Waals surface area contributed by atoms with Gasteiger partial charge in [0.25, 0.3) is 5.69 Å². The molecule has 0 spiro atoms. The summed E-state index contributed by atoms with van der Waals surface area (Å²) in [6, 6.07) is 14.7. The number of anilines is 1. The molecular formula is C21H22N4O2. The Morgan fingerprint density at radius 3 is 2.33 bits per heavy atom. The van der Waals surface area contributed by atoms with Crippen LogP contribution in [0.5, 0.6) is 0 Å². The fourth-order valence-electron chi connectivity index (χ4n) is 3.01. The zero-order valence-corrected chi connectivity index (χ0v) is 15.9. The summed E-state index contributed by atoms with van der Waals surface area (Å²) in [5.41, 5.74) is 10.6. The van der Waals surface area contributed by atoms with Gasteiger partial charge in [0.05, 0.1) is 16.8 Å². The van der Waals surface area contributed by atoms with E-state index in [-0.39, 0.29) is 5.69 Å². The highest BCUT2D eigenvalue weighted by Gasteiger charge is 2.10. The third-order valence-corrected chi connectivity index (χ3v) is 4.69. The van der Waals surface area contributed by atoms with Crippen molar-refractivity contribution < 1.29 is 4.92 Å². The lowest BCUT2D eigenvalue weighted by Gasteiger charge is -2.11. The van der Waals surface area contributed by atoms with Crippen LogP contribution >= 0.6 is 0 Å². The number of rotatable bonds is 5. The van der Waals surface area contributed by atoms with Crippen LogP contribution in [0.1, 0.15) is 28.1 Å². The Balaban J connectivity index is 1.80. The van der Waals surface area contributed by atoms with Crippen LogP contribution in [0.2, 0.25) is 0 Å². The van der Waals surface area contributed by atoms with Crippen LogP contribution in [0.25, 0.3) is 5.69 Å². The Labute approximate surface area is 158 Å². The Bertz CT molecular complexity index is 1020. The molecule has 0 bridgehead atoms. The van der Waals surface area contributed by atoms with Crippen LogP contribution in [-0.4, -0.2) is 15.7 Å². The number of hydrazone groups is 1. The number of hydrogen-bond acceptors (Lipinski definition) is 4. The van der Waals surface area contributed by atoms with Crippen molar-refractivity contribution in [1.82, 2.24) is 4.57 Å². The van der Waals surface area contributed by atoms with E-state index >= 15 is 0 Å². The van der Waals surface area contributed by atoms with Gasteiger partial charge in [-0.3, -0.25) is 15.5 Å². The van der Waals surface area contributed by atoms with E-state index in [4.69, 9.17) is 0 Å². The third-order valence-electron chi connectivity index (χ3n) is 4.69. The molecule has 0 radical (unpaired) electrons. The van der Waals surface area contributed by atoms with Crippen molar-refractivity contribution >= 4 is 17.6 Å². The number of nitrogens with zero attached hydrogens (tertiary/aromatic N) is 3. The average Bonchev–Trinajstić information content (AvgIpc) is 2.92. The van der Waals surface area contributed by atoms with E-state index in [1.807, 2.05) is 0 Å². The summed E-state index contributed by atoms with van der Waals surface area (Å²) < 4.78 is 2.21. The lowest BCUT2D eigenvalue weighted by molar-refractivity contribution is -0.384. The van der Waals surface area contributed by atoms with Crippen molar-refractivity contribution in [2.24, 2.45) is 5.10 Å². The van der Waals surface area contributed by atoms with Crippen LogP contribution < -0.4 is 5.43 Å². The molecule has 0 saturated heterocycles. The summed E-state index contributed by atoms with van der Waals surface area (Å²) in [5.74, 6) is 0. The first-order valence-corrected chi connectivity index (χ1v) is 8.67. The number of benzene rings is 2. The van der Waals surface area contributed by atoms with Crippen molar-refractivity contribution in [2.75, 3.05) is 5.43 Å². The van der Waals surface area contributed by atoms with Gasteiger partial charge in [-0.2, -0.15) is 5.10 Å². The minimum absolute atomic E-state index is 0.0569. The monoisotopic (exact) mass is 362 g/mol. The van der Waals surface area contributed by atoms with Crippen molar-refractivity contribution in [3.8, 4) is 5.69 Å². The SMILES string of the molecule is Cc1ccc(-n2c(C)cc(/C=N/Nc3ccc([N+](=O)[O-])cc3)c2C)cc1C. The number of aryl methyl sites for hydroxylation is 3. The van der Waals surface area contributed by atoms with E-state index in [1.165, 1.54) is 23.3 Å². The molecule has 2 aromatic carbocycles. The first kappa shape index (κ1) is 18.4. The summed E-state index contributed by atoms with van der Waals surface area (Å²) in [6.07, 6.45) is 1.77. The molecular weight excluding hydrogens is 340 g/mol. The molecule has 3 aromatic rings. The minimum atomic E-state index is -0.422. The van der Waals surface area contributed by atoms with Gasteiger partial charge in [0, 0.05) is 34.8 Å². The number of nitro groups is 1. The summed E-state index contributed by atoms with van der Waals surface area (Å²) >= 11 is 0. The van der Waals surface area contributed by atoms with Crippen LogP contribution in [0, 0.1) is 37.8 Å². The number of nitro benzene ring substituents is 1. The molecule has 0 unspecified atom stereocenters. The van der Waals surface area contributed by atoms with E-state index in [1.54, 1.807) is 18.3 Å². The zero-order valence-electron chi connectivity index (χ0n) is 15.9. The maximum Gasteiger partial charge on any atom is 0.269 e. The van der Waals surface area contributed by atoms with Gasteiger partial charge in [0.15, 0.2) is 0 Å². The van der Waals surface area contributed by atoms with Crippen molar-refractivity contribution in [2.45, 2.75) is 27.7 Å². The summed E-state index contributed by atoms with van der Waals surface area (Å²) in [7, 11) is 0. The second-order valence-corrected chi connectivity index (χ2v) is 6.60. The smallest absolute Gasteiger partial charge is 0.269 e. The largest absolute Gasteiger partial charge is 0.318 e. The Kier molecular flexibility index (Phi) is 5.07. The van der Waals surface area contributed by atoms with Crippen LogP contribution in [-0.2, 0) is 0 Å². The maximum absolute atomic E-state index is 10.7. The molecule has 0 aliphatic rings. The van der Waals surface area contributed by atoms with Gasteiger partial charge in [0.1, 0.15) is 0 Å². The standard InChI is InChI=1S/C21H22N4O2/c1-14-5-8-21(11-15(14)2)24-16(3)12-18(17(24)4)13-22-23-19-6-9-20(10-7-19)25(26)27/h5-13,23H,1-4H3/b22-13+. The lowest BCUT2D eigenvalue weighted by atomic mass is 10.1. The first-order chi connectivity index (χ1) is 12.9. The van der Waals surface area contributed by atoms with E-state index in [0.29, 0.717) is 5.69 Å². The normalized spacial score (nSPS) is 11.1. The number of nitrogens with one attached hydrogen (secondary N) is 1. The van der Waals surface area contributed by atoms with Crippen LogP contribution in [0.15, 0.2) is 53.6 Å². The molecule has 0 aliphatic carbocycles. The zero-order chi connectivity index (χ0) is 19.6. The average molecular weight is 362 g/mol. The first-order valence-electron chi connectivity index (χ1n) is 8.67. The van der Waals surface area contributed by atoms with Gasteiger partial charge in [0.2, 0.25) is 0 Å².